The minimum absolute atomic E-state index is 0.0600. The van der Waals surface area contributed by atoms with Crippen molar-refractivity contribution in [2.45, 2.75) is 51.0 Å². The predicted octanol–water partition coefficient (Wildman–Crippen LogP) is 3.53. The molecule has 0 bridgehead atoms. The lowest BCUT2D eigenvalue weighted by molar-refractivity contribution is -0.0959. The molecule has 0 unspecified atom stereocenters. The number of halogens is 1. The topological polar surface area (TPSA) is 18.5 Å². The van der Waals surface area contributed by atoms with Crippen LogP contribution in [-0.2, 0) is 9.47 Å². The zero-order valence-corrected chi connectivity index (χ0v) is 11.4. The Kier molecular flexibility index (Phi) is 6.86. The Morgan fingerprint density at radius 2 is 1.93 bits per heavy atom. The molecule has 1 heterocycles. The molecule has 1 aliphatic heterocycles. The maximum Gasteiger partial charge on any atom is 0.0822 e. The third-order valence-corrected chi connectivity index (χ3v) is 4.08. The van der Waals surface area contributed by atoms with Gasteiger partial charge in [0.25, 0.3) is 0 Å². The lowest BCUT2D eigenvalue weighted by atomic mass is 9.96. The van der Waals surface area contributed by atoms with Crippen molar-refractivity contribution in [1.82, 2.24) is 0 Å². The van der Waals surface area contributed by atoms with E-state index < -0.39 is 0 Å². The Hall–Kier alpha value is 0.400. The molecule has 0 radical (unpaired) electrons. The number of ether oxygens (including phenoxy) is 2. The second kappa shape index (κ2) is 7.64. The van der Waals surface area contributed by atoms with E-state index in [1.54, 1.807) is 0 Å². The molecule has 1 aliphatic rings. The Morgan fingerprint density at radius 1 is 1.20 bits per heavy atom. The van der Waals surface area contributed by atoms with Gasteiger partial charge in [-0.05, 0) is 6.42 Å². The van der Waals surface area contributed by atoms with Crippen molar-refractivity contribution < 1.29 is 9.47 Å². The van der Waals surface area contributed by atoms with Gasteiger partial charge in [0, 0.05) is 38.0 Å². The molecule has 0 atom stereocenters. The number of alkyl halides is 1. The summed E-state index contributed by atoms with van der Waals surface area (Å²) in [4.78, 5) is 0. The van der Waals surface area contributed by atoms with Gasteiger partial charge in [0.2, 0.25) is 0 Å². The van der Waals surface area contributed by atoms with Crippen LogP contribution in [0.25, 0.3) is 0 Å². The Labute approximate surface area is 102 Å². The third-order valence-electron chi connectivity index (χ3n) is 3.05. The SMILES string of the molecule is CCCCCCOC1(CBr)CCOCC1. The van der Waals surface area contributed by atoms with Crippen molar-refractivity contribution in [2.75, 3.05) is 25.2 Å². The first-order chi connectivity index (χ1) is 7.33. The summed E-state index contributed by atoms with van der Waals surface area (Å²) in [5.74, 6) is 0. The van der Waals surface area contributed by atoms with Gasteiger partial charge in [0.15, 0.2) is 0 Å². The molecule has 0 aromatic carbocycles. The molecule has 2 nitrogen and oxygen atoms in total. The van der Waals surface area contributed by atoms with Gasteiger partial charge in [-0.3, -0.25) is 0 Å². The maximum atomic E-state index is 6.04. The fourth-order valence-electron chi connectivity index (χ4n) is 1.88. The minimum Gasteiger partial charge on any atom is -0.381 e. The number of hydrogen-bond donors (Lipinski definition) is 0. The summed E-state index contributed by atoms with van der Waals surface area (Å²) in [7, 11) is 0. The van der Waals surface area contributed by atoms with Crippen LogP contribution >= 0.6 is 15.9 Å². The molecule has 1 saturated heterocycles. The summed E-state index contributed by atoms with van der Waals surface area (Å²) in [6, 6.07) is 0. The number of unbranched alkanes of at least 4 members (excludes halogenated alkanes) is 3. The van der Waals surface area contributed by atoms with Gasteiger partial charge in [-0.25, -0.2) is 0 Å². The first-order valence-electron chi connectivity index (χ1n) is 6.11. The van der Waals surface area contributed by atoms with Crippen LogP contribution in [0.15, 0.2) is 0 Å². The van der Waals surface area contributed by atoms with Crippen LogP contribution in [-0.4, -0.2) is 30.8 Å². The summed E-state index contributed by atoms with van der Waals surface area (Å²) in [6.07, 6.45) is 7.18. The first kappa shape index (κ1) is 13.5. The average molecular weight is 279 g/mol. The lowest BCUT2D eigenvalue weighted by Crippen LogP contribution is -2.41. The van der Waals surface area contributed by atoms with Crippen molar-refractivity contribution in [3.63, 3.8) is 0 Å². The van der Waals surface area contributed by atoms with E-state index in [0.29, 0.717) is 0 Å². The van der Waals surface area contributed by atoms with Crippen LogP contribution in [0.5, 0.6) is 0 Å². The first-order valence-corrected chi connectivity index (χ1v) is 7.23. The van der Waals surface area contributed by atoms with E-state index in [9.17, 15) is 0 Å². The standard InChI is InChI=1S/C12H23BrO2/c1-2-3-4-5-8-15-12(11-13)6-9-14-10-7-12/h2-11H2,1H3. The molecule has 0 saturated carbocycles. The minimum atomic E-state index is 0.0600. The molecular formula is C12H23BrO2. The molecule has 1 fully saturated rings. The van der Waals surface area contributed by atoms with Crippen LogP contribution in [0, 0.1) is 0 Å². The molecule has 0 aromatic heterocycles. The fraction of sp³-hybridized carbons (Fsp3) is 1.00. The fourth-order valence-corrected chi connectivity index (χ4v) is 2.60. The van der Waals surface area contributed by atoms with E-state index in [0.717, 1.165) is 38.0 Å². The predicted molar refractivity (Wildman–Crippen MR) is 66.7 cm³/mol. The Balaban J connectivity index is 2.15. The van der Waals surface area contributed by atoms with Crippen molar-refractivity contribution in [1.29, 1.82) is 0 Å². The normalized spacial score (nSPS) is 20.4. The third kappa shape index (κ3) is 4.83. The Bertz CT molecular complexity index is 156. The average Bonchev–Trinajstić information content (AvgIpc) is 2.30. The summed E-state index contributed by atoms with van der Waals surface area (Å²) in [5, 5.41) is 0.942. The molecule has 15 heavy (non-hydrogen) atoms. The molecule has 0 aromatic rings. The van der Waals surface area contributed by atoms with Gasteiger partial charge in [-0.2, -0.15) is 0 Å². The molecular weight excluding hydrogens is 256 g/mol. The van der Waals surface area contributed by atoms with Gasteiger partial charge >= 0.3 is 0 Å². The highest BCUT2D eigenvalue weighted by Crippen LogP contribution is 2.27. The molecule has 0 spiro atoms. The Morgan fingerprint density at radius 3 is 2.53 bits per heavy atom. The molecule has 1 rings (SSSR count). The van der Waals surface area contributed by atoms with Crippen molar-refractivity contribution in [2.24, 2.45) is 0 Å². The molecule has 90 valence electrons. The van der Waals surface area contributed by atoms with Crippen molar-refractivity contribution in [3.05, 3.63) is 0 Å². The largest absolute Gasteiger partial charge is 0.381 e. The monoisotopic (exact) mass is 278 g/mol. The maximum absolute atomic E-state index is 6.04. The van der Waals surface area contributed by atoms with E-state index in [4.69, 9.17) is 9.47 Å². The molecule has 0 amide bonds. The van der Waals surface area contributed by atoms with E-state index in [-0.39, 0.29) is 5.60 Å². The highest BCUT2D eigenvalue weighted by molar-refractivity contribution is 9.09. The van der Waals surface area contributed by atoms with Gasteiger partial charge in [0.1, 0.15) is 0 Å². The smallest absolute Gasteiger partial charge is 0.0822 e. The summed E-state index contributed by atoms with van der Waals surface area (Å²) in [5.41, 5.74) is 0.0600. The van der Waals surface area contributed by atoms with Crippen LogP contribution in [0.2, 0.25) is 0 Å². The van der Waals surface area contributed by atoms with Crippen LogP contribution < -0.4 is 0 Å². The second-order valence-electron chi connectivity index (χ2n) is 4.34. The number of rotatable bonds is 7. The van der Waals surface area contributed by atoms with Crippen LogP contribution in [0.1, 0.15) is 45.4 Å². The van der Waals surface area contributed by atoms with Gasteiger partial charge in [0.05, 0.1) is 5.60 Å². The zero-order chi connectivity index (χ0) is 11.0. The van der Waals surface area contributed by atoms with Crippen LogP contribution in [0.4, 0.5) is 0 Å². The van der Waals surface area contributed by atoms with Crippen molar-refractivity contribution in [3.8, 4) is 0 Å². The second-order valence-corrected chi connectivity index (χ2v) is 4.90. The zero-order valence-electron chi connectivity index (χ0n) is 9.77. The van der Waals surface area contributed by atoms with Crippen LogP contribution in [0.3, 0.4) is 0 Å². The van der Waals surface area contributed by atoms with E-state index in [1.165, 1.54) is 25.7 Å². The highest BCUT2D eigenvalue weighted by Gasteiger charge is 2.32. The van der Waals surface area contributed by atoms with Gasteiger partial charge < -0.3 is 9.47 Å². The lowest BCUT2D eigenvalue weighted by Gasteiger charge is -2.35. The molecule has 0 aliphatic carbocycles. The molecule has 3 heteroatoms. The van der Waals surface area contributed by atoms with E-state index >= 15 is 0 Å². The summed E-state index contributed by atoms with van der Waals surface area (Å²) < 4.78 is 11.4. The van der Waals surface area contributed by atoms with Crippen molar-refractivity contribution >= 4 is 15.9 Å². The van der Waals surface area contributed by atoms with Gasteiger partial charge in [-0.1, -0.05) is 42.1 Å². The quantitative estimate of drug-likeness (QED) is 0.524. The van der Waals surface area contributed by atoms with E-state index in [2.05, 4.69) is 22.9 Å². The highest BCUT2D eigenvalue weighted by atomic mass is 79.9. The summed E-state index contributed by atoms with van der Waals surface area (Å²) >= 11 is 3.57. The number of hydrogen-bond acceptors (Lipinski definition) is 2. The summed E-state index contributed by atoms with van der Waals surface area (Å²) in [6.45, 7) is 4.84. The van der Waals surface area contributed by atoms with Gasteiger partial charge in [-0.15, -0.1) is 0 Å². The van der Waals surface area contributed by atoms with E-state index in [1.807, 2.05) is 0 Å². The molecule has 0 N–H and O–H groups in total.